The Kier molecular flexibility index (Phi) is 6.59. The third-order valence-electron chi connectivity index (χ3n) is 3.32. The maximum atomic E-state index is 13.7. The first kappa shape index (κ1) is 17.5. The molecule has 122 valence electrons. The second-order valence-electron chi connectivity index (χ2n) is 5.14. The van der Waals surface area contributed by atoms with E-state index in [0.717, 1.165) is 16.9 Å². The summed E-state index contributed by atoms with van der Waals surface area (Å²) in [6, 6.07) is 11.1. The van der Waals surface area contributed by atoms with Crippen LogP contribution in [0.5, 0.6) is 0 Å². The van der Waals surface area contributed by atoms with Crippen LogP contribution >= 0.6 is 11.8 Å². The van der Waals surface area contributed by atoms with Gasteiger partial charge in [-0.1, -0.05) is 19.1 Å². The lowest BCUT2D eigenvalue weighted by molar-refractivity contribution is -0.143. The van der Waals surface area contributed by atoms with Gasteiger partial charge >= 0.3 is 5.97 Å². The summed E-state index contributed by atoms with van der Waals surface area (Å²) in [5.74, 6) is -0.613. The summed E-state index contributed by atoms with van der Waals surface area (Å²) in [7, 11) is 0. The van der Waals surface area contributed by atoms with Crippen LogP contribution in [0.2, 0.25) is 0 Å². The number of nitrogens with zero attached hydrogens (tertiary/aromatic N) is 1. The van der Waals surface area contributed by atoms with Gasteiger partial charge in [-0.15, -0.1) is 11.8 Å². The van der Waals surface area contributed by atoms with Crippen LogP contribution in [-0.2, 0) is 9.53 Å². The highest BCUT2D eigenvalue weighted by molar-refractivity contribution is 7.99. The van der Waals surface area contributed by atoms with Crippen LogP contribution < -0.4 is 0 Å². The van der Waals surface area contributed by atoms with Crippen molar-refractivity contribution in [2.45, 2.75) is 36.8 Å². The predicted octanol–water partition coefficient (Wildman–Crippen LogP) is 4.71. The number of pyridine rings is 1. The van der Waals surface area contributed by atoms with Crippen LogP contribution in [0.25, 0.3) is 11.1 Å². The third-order valence-corrected chi connectivity index (χ3v) is 4.50. The van der Waals surface area contributed by atoms with Crippen molar-refractivity contribution in [3.8, 4) is 11.1 Å². The molecule has 5 heteroatoms. The second-order valence-corrected chi connectivity index (χ2v) is 6.65. The zero-order valence-electron chi connectivity index (χ0n) is 13.3. The maximum Gasteiger partial charge on any atom is 0.305 e. The molecule has 1 atom stereocenters. The summed E-state index contributed by atoms with van der Waals surface area (Å²) in [5.41, 5.74) is 1.30. The number of hydrogen-bond acceptors (Lipinski definition) is 4. The molecule has 2 rings (SSSR count). The minimum absolute atomic E-state index is 0.151. The summed E-state index contributed by atoms with van der Waals surface area (Å²) < 4.78 is 18.6. The van der Waals surface area contributed by atoms with Gasteiger partial charge in [-0.2, -0.15) is 4.39 Å². The van der Waals surface area contributed by atoms with Crippen molar-refractivity contribution in [2.24, 2.45) is 0 Å². The van der Waals surface area contributed by atoms with Crippen LogP contribution in [0, 0.1) is 5.95 Å². The molecule has 0 aliphatic heterocycles. The Labute approximate surface area is 140 Å². The van der Waals surface area contributed by atoms with Gasteiger partial charge in [-0.05, 0) is 43.2 Å². The topological polar surface area (TPSA) is 39.2 Å². The molecule has 0 saturated heterocycles. The summed E-state index contributed by atoms with van der Waals surface area (Å²) in [6.45, 7) is 4.31. The first-order valence-electron chi connectivity index (χ1n) is 7.63. The molecule has 2 aromatic rings. The number of esters is 1. The van der Waals surface area contributed by atoms with Gasteiger partial charge in [0.1, 0.15) is 0 Å². The molecule has 0 N–H and O–H groups in total. The zero-order chi connectivity index (χ0) is 16.7. The maximum absolute atomic E-state index is 13.7. The molecular weight excluding hydrogens is 313 g/mol. The first-order chi connectivity index (χ1) is 11.1. The lowest BCUT2D eigenvalue weighted by Gasteiger charge is -2.11. The average Bonchev–Trinajstić information content (AvgIpc) is 2.55. The minimum atomic E-state index is -0.462. The number of rotatable bonds is 7. The highest BCUT2D eigenvalue weighted by Crippen LogP contribution is 2.29. The van der Waals surface area contributed by atoms with Gasteiger partial charge in [-0.25, -0.2) is 4.98 Å². The van der Waals surface area contributed by atoms with E-state index in [1.807, 2.05) is 31.2 Å². The van der Waals surface area contributed by atoms with E-state index in [1.54, 1.807) is 23.9 Å². The number of thioether (sulfide) groups is 1. The van der Waals surface area contributed by atoms with Crippen LogP contribution in [0.15, 0.2) is 47.5 Å². The van der Waals surface area contributed by atoms with Gasteiger partial charge in [0, 0.05) is 28.3 Å². The number of carbonyl (C=O) groups is 1. The van der Waals surface area contributed by atoms with Crippen molar-refractivity contribution in [3.63, 3.8) is 0 Å². The number of halogens is 1. The lowest BCUT2D eigenvalue weighted by atomic mass is 10.1. The van der Waals surface area contributed by atoms with Gasteiger partial charge in [-0.3, -0.25) is 4.79 Å². The molecule has 1 heterocycles. The van der Waals surface area contributed by atoms with Gasteiger partial charge in [0.15, 0.2) is 0 Å². The van der Waals surface area contributed by atoms with Gasteiger partial charge in [0.25, 0.3) is 0 Å². The molecule has 0 bridgehead atoms. The van der Waals surface area contributed by atoms with Crippen LogP contribution in [0.3, 0.4) is 0 Å². The van der Waals surface area contributed by atoms with E-state index in [-0.39, 0.29) is 5.97 Å². The molecule has 1 aromatic heterocycles. The van der Waals surface area contributed by atoms with E-state index in [4.69, 9.17) is 4.74 Å². The van der Waals surface area contributed by atoms with Gasteiger partial charge in [0.2, 0.25) is 5.95 Å². The van der Waals surface area contributed by atoms with Gasteiger partial charge < -0.3 is 4.74 Å². The molecule has 0 spiro atoms. The molecule has 3 nitrogen and oxygen atoms in total. The van der Waals surface area contributed by atoms with Gasteiger partial charge in [0.05, 0.1) is 6.61 Å². The Morgan fingerprint density at radius 2 is 2.04 bits per heavy atom. The molecule has 0 aliphatic carbocycles. The van der Waals surface area contributed by atoms with Crippen molar-refractivity contribution in [3.05, 3.63) is 48.5 Å². The fourth-order valence-corrected chi connectivity index (χ4v) is 3.15. The molecule has 23 heavy (non-hydrogen) atoms. The number of ether oxygens (including phenoxy) is 1. The Balaban J connectivity index is 1.92. The zero-order valence-corrected chi connectivity index (χ0v) is 14.1. The smallest absolute Gasteiger partial charge is 0.305 e. The second kappa shape index (κ2) is 8.67. The molecule has 0 saturated carbocycles. The Hall–Kier alpha value is -1.88. The molecule has 1 aromatic carbocycles. The third kappa shape index (κ3) is 5.36. The molecule has 0 radical (unpaired) electrons. The van der Waals surface area contributed by atoms with Crippen molar-refractivity contribution in [2.75, 3.05) is 6.61 Å². The fourth-order valence-electron chi connectivity index (χ4n) is 2.16. The summed E-state index contributed by atoms with van der Waals surface area (Å²) >= 11 is 1.69. The first-order valence-corrected chi connectivity index (χ1v) is 8.51. The van der Waals surface area contributed by atoms with E-state index in [0.29, 0.717) is 23.8 Å². The van der Waals surface area contributed by atoms with Crippen LogP contribution in [0.4, 0.5) is 4.39 Å². The van der Waals surface area contributed by atoms with Crippen LogP contribution in [0.1, 0.15) is 26.7 Å². The lowest BCUT2D eigenvalue weighted by Crippen LogP contribution is -2.07. The number of carbonyl (C=O) groups excluding carboxylic acids is 1. The largest absolute Gasteiger partial charge is 0.466 e. The Bertz CT molecular complexity index is 646. The fraction of sp³-hybridized carbons (Fsp3) is 0.333. The molecule has 1 unspecified atom stereocenters. The Morgan fingerprint density at radius 1 is 1.30 bits per heavy atom. The van der Waals surface area contributed by atoms with Crippen LogP contribution in [-0.4, -0.2) is 22.8 Å². The highest BCUT2D eigenvalue weighted by atomic mass is 32.2. The molecule has 0 aliphatic rings. The summed E-state index contributed by atoms with van der Waals surface area (Å²) in [4.78, 5) is 16.1. The van der Waals surface area contributed by atoms with E-state index < -0.39 is 5.95 Å². The molecule has 0 fully saturated rings. The van der Waals surface area contributed by atoms with Crippen molar-refractivity contribution in [1.82, 2.24) is 4.98 Å². The van der Waals surface area contributed by atoms with E-state index in [2.05, 4.69) is 11.9 Å². The van der Waals surface area contributed by atoms with E-state index >= 15 is 0 Å². The van der Waals surface area contributed by atoms with E-state index in [1.165, 1.54) is 6.20 Å². The highest BCUT2D eigenvalue weighted by Gasteiger charge is 2.10. The summed E-state index contributed by atoms with van der Waals surface area (Å²) in [6.07, 6.45) is 2.64. The predicted molar refractivity (Wildman–Crippen MR) is 90.8 cm³/mol. The summed E-state index contributed by atoms with van der Waals surface area (Å²) in [5, 5.41) is 0.306. The minimum Gasteiger partial charge on any atom is -0.466 e. The standard InChI is InChI=1S/C18H20FNO2S/c1-3-22-17(21)11-6-13(2)23-15-9-7-14(8-10-15)16-5-4-12-20-18(16)19/h4-5,7-10,12-13H,3,6,11H2,1-2H3. The normalized spacial score (nSPS) is 12.0. The SMILES string of the molecule is CCOC(=O)CCC(C)Sc1ccc(-c2cccnc2F)cc1. The number of benzene rings is 1. The van der Waals surface area contributed by atoms with Crippen molar-refractivity contribution < 1.29 is 13.9 Å². The Morgan fingerprint density at radius 3 is 2.70 bits per heavy atom. The van der Waals surface area contributed by atoms with E-state index in [9.17, 15) is 9.18 Å². The van der Waals surface area contributed by atoms with Crippen molar-refractivity contribution >= 4 is 17.7 Å². The number of aromatic nitrogens is 1. The number of hydrogen-bond donors (Lipinski definition) is 0. The monoisotopic (exact) mass is 333 g/mol. The molecule has 0 amide bonds. The molecular formula is C18H20FNO2S. The van der Waals surface area contributed by atoms with Crippen molar-refractivity contribution in [1.29, 1.82) is 0 Å². The average molecular weight is 333 g/mol. The quantitative estimate of drug-likeness (QED) is 0.418.